The van der Waals surface area contributed by atoms with E-state index in [1.165, 1.54) is 23.8 Å². The number of hydrogen-bond acceptors (Lipinski definition) is 4. The van der Waals surface area contributed by atoms with Crippen molar-refractivity contribution in [2.45, 2.75) is 52.8 Å². The van der Waals surface area contributed by atoms with Gasteiger partial charge in [-0.25, -0.2) is 0 Å². The Hall–Kier alpha value is -3.74. The van der Waals surface area contributed by atoms with Gasteiger partial charge in [0.25, 0.3) is 5.76 Å². The van der Waals surface area contributed by atoms with Gasteiger partial charge >= 0.3 is 6.18 Å². The monoisotopic (exact) mass is 496 g/mol. The van der Waals surface area contributed by atoms with Gasteiger partial charge < -0.3 is 13.9 Å². The first-order valence-corrected chi connectivity index (χ1v) is 11.5. The Morgan fingerprint density at radius 3 is 2.06 bits per heavy atom. The van der Waals surface area contributed by atoms with Gasteiger partial charge in [0.1, 0.15) is 23.7 Å². The van der Waals surface area contributed by atoms with Crippen molar-refractivity contribution < 1.29 is 27.1 Å². The number of rotatable bonds is 5. The number of halogens is 3. The summed E-state index contributed by atoms with van der Waals surface area (Å²) in [5.41, 5.74) is 2.53. The molecule has 3 aromatic carbocycles. The average molecular weight is 497 g/mol. The highest BCUT2D eigenvalue weighted by Gasteiger charge is 2.40. The van der Waals surface area contributed by atoms with Crippen molar-refractivity contribution in [3.63, 3.8) is 0 Å². The van der Waals surface area contributed by atoms with Crippen LogP contribution in [0.1, 0.15) is 48.8 Å². The molecule has 0 N–H and O–H groups in total. The van der Waals surface area contributed by atoms with E-state index < -0.39 is 23.1 Å². The number of hydrogen-bond donors (Lipinski definition) is 0. The Labute approximate surface area is 207 Å². The molecule has 0 atom stereocenters. The van der Waals surface area contributed by atoms with Crippen molar-refractivity contribution in [2.75, 3.05) is 0 Å². The van der Waals surface area contributed by atoms with Crippen LogP contribution in [-0.2, 0) is 18.2 Å². The second-order valence-corrected chi connectivity index (χ2v) is 9.91. The van der Waals surface area contributed by atoms with Gasteiger partial charge in [0.05, 0.1) is 5.39 Å². The van der Waals surface area contributed by atoms with E-state index in [0.29, 0.717) is 0 Å². The number of benzene rings is 3. The van der Waals surface area contributed by atoms with Crippen LogP contribution in [-0.4, -0.2) is 0 Å². The Kier molecular flexibility index (Phi) is 6.60. The zero-order chi connectivity index (χ0) is 26.3. The van der Waals surface area contributed by atoms with Crippen molar-refractivity contribution >= 4 is 11.0 Å². The van der Waals surface area contributed by atoms with Crippen molar-refractivity contribution in [2.24, 2.45) is 0 Å². The highest BCUT2D eigenvalue weighted by molar-refractivity contribution is 5.79. The third kappa shape index (κ3) is 5.56. The first kappa shape index (κ1) is 25.4. The second kappa shape index (κ2) is 9.37. The number of fused-ring (bicyclic) bond motifs is 1. The fourth-order valence-electron chi connectivity index (χ4n) is 3.90. The molecule has 7 heteroatoms. The van der Waals surface area contributed by atoms with E-state index in [-0.39, 0.29) is 34.5 Å². The smallest absolute Gasteiger partial charge is 0.453 e. The van der Waals surface area contributed by atoms with Crippen LogP contribution in [0, 0.1) is 13.8 Å². The van der Waals surface area contributed by atoms with Crippen molar-refractivity contribution in [3.05, 3.63) is 98.9 Å². The lowest BCUT2D eigenvalue weighted by Crippen LogP contribution is -2.15. The zero-order valence-electron chi connectivity index (χ0n) is 20.7. The number of aryl methyl sites for hydroxylation is 2. The van der Waals surface area contributed by atoms with Gasteiger partial charge in [-0.1, -0.05) is 51.1 Å². The summed E-state index contributed by atoms with van der Waals surface area (Å²) < 4.78 is 58.0. The Morgan fingerprint density at radius 2 is 1.47 bits per heavy atom. The minimum Gasteiger partial charge on any atom is -0.489 e. The molecule has 4 rings (SSSR count). The standard InChI is InChI=1S/C29H27F3O4/c1-17-12-18(2)14-22(13-17)35-26-25(33)23-11-10-21(15-24(23)36-27(26)29(30,31)32)34-16-19-6-8-20(9-7-19)28(3,4)5/h6-15H,16H2,1-5H3. The highest BCUT2D eigenvalue weighted by atomic mass is 19.4. The first-order chi connectivity index (χ1) is 16.8. The van der Waals surface area contributed by atoms with Gasteiger partial charge in [-0.3, -0.25) is 4.79 Å². The lowest BCUT2D eigenvalue weighted by atomic mass is 9.87. The lowest BCUT2D eigenvalue weighted by molar-refractivity contribution is -0.154. The Morgan fingerprint density at radius 1 is 0.833 bits per heavy atom. The molecule has 188 valence electrons. The molecule has 1 aromatic heterocycles. The predicted molar refractivity (Wildman–Crippen MR) is 133 cm³/mol. The SMILES string of the molecule is Cc1cc(C)cc(Oc2c(C(F)(F)F)oc3cc(OCc4ccc(C(C)(C)C)cc4)ccc3c2=O)c1. The molecule has 0 amide bonds. The molecule has 0 aliphatic heterocycles. The molecule has 0 saturated carbocycles. The normalized spacial score (nSPS) is 12.1. The van der Waals surface area contributed by atoms with E-state index in [9.17, 15) is 18.0 Å². The average Bonchev–Trinajstić information content (AvgIpc) is 2.77. The van der Waals surface area contributed by atoms with Crippen molar-refractivity contribution in [1.29, 1.82) is 0 Å². The maximum absolute atomic E-state index is 13.9. The fraction of sp³-hybridized carbons (Fsp3) is 0.276. The maximum Gasteiger partial charge on any atom is 0.453 e. The van der Waals surface area contributed by atoms with Gasteiger partial charge in [-0.15, -0.1) is 0 Å². The van der Waals surface area contributed by atoms with Gasteiger partial charge in [0.15, 0.2) is 0 Å². The quantitative estimate of drug-likeness (QED) is 0.280. The molecule has 0 radical (unpaired) electrons. The Bertz CT molecular complexity index is 1440. The van der Waals surface area contributed by atoms with Gasteiger partial charge in [-0.2, -0.15) is 13.2 Å². The molecule has 36 heavy (non-hydrogen) atoms. The van der Waals surface area contributed by atoms with Crippen LogP contribution in [0.2, 0.25) is 0 Å². The van der Waals surface area contributed by atoms with Crippen LogP contribution in [0.15, 0.2) is 69.9 Å². The van der Waals surface area contributed by atoms with Crippen LogP contribution >= 0.6 is 0 Å². The minimum absolute atomic E-state index is 0.0200. The molecular weight excluding hydrogens is 469 g/mol. The van der Waals surface area contributed by atoms with Gasteiger partial charge in [-0.05, 0) is 65.8 Å². The predicted octanol–water partition coefficient (Wildman–Crippen LogP) is 8.10. The van der Waals surface area contributed by atoms with E-state index in [4.69, 9.17) is 13.9 Å². The van der Waals surface area contributed by atoms with Crippen LogP contribution in [0.25, 0.3) is 11.0 Å². The highest BCUT2D eigenvalue weighted by Crippen LogP contribution is 2.39. The summed E-state index contributed by atoms with van der Waals surface area (Å²) in [6.07, 6.45) is -4.94. The van der Waals surface area contributed by atoms with Crippen LogP contribution in [0.3, 0.4) is 0 Å². The van der Waals surface area contributed by atoms with Crippen molar-refractivity contribution in [1.82, 2.24) is 0 Å². The van der Waals surface area contributed by atoms with Crippen LogP contribution < -0.4 is 14.9 Å². The summed E-state index contributed by atoms with van der Waals surface area (Å²) in [5.74, 6) is -1.98. The summed E-state index contributed by atoms with van der Waals surface area (Å²) >= 11 is 0. The minimum atomic E-state index is -4.94. The molecule has 0 spiro atoms. The van der Waals surface area contributed by atoms with E-state index in [1.807, 2.05) is 30.3 Å². The van der Waals surface area contributed by atoms with E-state index >= 15 is 0 Å². The summed E-state index contributed by atoms with van der Waals surface area (Å²) in [7, 11) is 0. The van der Waals surface area contributed by atoms with Crippen LogP contribution in [0.4, 0.5) is 13.2 Å². The molecule has 0 aliphatic carbocycles. The van der Waals surface area contributed by atoms with Gasteiger partial charge in [0.2, 0.25) is 11.2 Å². The summed E-state index contributed by atoms with van der Waals surface area (Å²) in [5, 5.41) is -0.0377. The fourth-order valence-corrected chi connectivity index (χ4v) is 3.90. The molecule has 0 aliphatic rings. The number of alkyl halides is 3. The largest absolute Gasteiger partial charge is 0.489 e. The zero-order valence-corrected chi connectivity index (χ0v) is 20.7. The summed E-state index contributed by atoms with van der Waals surface area (Å²) in [6, 6.07) is 17.1. The molecule has 0 bridgehead atoms. The molecule has 0 unspecified atom stereocenters. The molecule has 4 nitrogen and oxygen atoms in total. The van der Waals surface area contributed by atoms with E-state index in [1.54, 1.807) is 26.0 Å². The van der Waals surface area contributed by atoms with Crippen molar-refractivity contribution in [3.8, 4) is 17.2 Å². The third-order valence-electron chi connectivity index (χ3n) is 5.72. The topological polar surface area (TPSA) is 48.7 Å². The van der Waals surface area contributed by atoms with E-state index in [0.717, 1.165) is 16.7 Å². The van der Waals surface area contributed by atoms with Crippen LogP contribution in [0.5, 0.6) is 17.2 Å². The molecule has 1 heterocycles. The Balaban J connectivity index is 1.66. The third-order valence-corrected chi connectivity index (χ3v) is 5.72. The lowest BCUT2D eigenvalue weighted by Gasteiger charge is -2.19. The summed E-state index contributed by atoms with van der Waals surface area (Å²) in [6.45, 7) is 10.1. The summed E-state index contributed by atoms with van der Waals surface area (Å²) in [4.78, 5) is 13.0. The molecule has 4 aromatic rings. The molecule has 0 fully saturated rings. The second-order valence-electron chi connectivity index (χ2n) is 9.91. The molecule has 0 saturated heterocycles. The first-order valence-electron chi connectivity index (χ1n) is 11.5. The maximum atomic E-state index is 13.9. The number of ether oxygens (including phenoxy) is 2. The van der Waals surface area contributed by atoms with E-state index in [2.05, 4.69) is 20.8 Å². The molecular formula is C29H27F3O4. The van der Waals surface area contributed by atoms with Gasteiger partial charge in [0, 0.05) is 6.07 Å².